The molecule has 0 spiro atoms. The summed E-state index contributed by atoms with van der Waals surface area (Å²) in [6.07, 6.45) is 2.76. The second kappa shape index (κ2) is 7.79. The predicted octanol–water partition coefficient (Wildman–Crippen LogP) is 2.43. The van der Waals surface area contributed by atoms with Gasteiger partial charge in [-0.3, -0.25) is 4.79 Å². The average Bonchev–Trinajstić information content (AvgIpc) is 2.44. The fourth-order valence-electron chi connectivity index (χ4n) is 1.75. The van der Waals surface area contributed by atoms with Crippen LogP contribution in [0.3, 0.4) is 0 Å². The molecule has 0 aromatic heterocycles. The van der Waals surface area contributed by atoms with E-state index in [0.29, 0.717) is 5.69 Å². The highest BCUT2D eigenvalue weighted by molar-refractivity contribution is 7.98. The topological polar surface area (TPSA) is 84.2 Å². The number of hydrogen-bond donors (Lipinski definition) is 3. The van der Waals surface area contributed by atoms with Gasteiger partial charge in [0, 0.05) is 10.6 Å². The van der Waals surface area contributed by atoms with E-state index in [1.165, 1.54) is 0 Å². The number of thioether (sulfide) groups is 1. The molecule has 0 saturated heterocycles. The molecule has 4 N–H and O–H groups in total. The van der Waals surface area contributed by atoms with Crippen LogP contribution in [-0.2, 0) is 4.79 Å². The van der Waals surface area contributed by atoms with Gasteiger partial charge in [0.05, 0.1) is 0 Å². The highest BCUT2D eigenvalue weighted by Gasteiger charge is 2.25. The van der Waals surface area contributed by atoms with Gasteiger partial charge in [-0.1, -0.05) is 20.3 Å². The van der Waals surface area contributed by atoms with Gasteiger partial charge >= 0.3 is 6.03 Å². The third-order valence-electron chi connectivity index (χ3n) is 3.15. The Hall–Kier alpha value is -1.69. The van der Waals surface area contributed by atoms with Crippen molar-refractivity contribution >= 4 is 29.4 Å². The van der Waals surface area contributed by atoms with Gasteiger partial charge in [-0.05, 0) is 36.4 Å². The molecule has 2 unspecified atom stereocenters. The number of carbonyl (C=O) groups excluding carboxylic acids is 2. The summed E-state index contributed by atoms with van der Waals surface area (Å²) in [5.41, 5.74) is 5.82. The van der Waals surface area contributed by atoms with Gasteiger partial charge in [0.15, 0.2) is 0 Å². The van der Waals surface area contributed by atoms with Gasteiger partial charge in [-0.2, -0.15) is 0 Å². The standard InChI is InChI=1S/C14H21N3O2S/c1-4-9(2)12(17-14(15)19)13(18)16-10-5-7-11(20-3)8-6-10/h5-9,12H,4H2,1-3H3,(H,16,18)(H3,15,17,19). The Morgan fingerprint density at radius 3 is 2.35 bits per heavy atom. The molecule has 1 aromatic rings. The van der Waals surface area contributed by atoms with Gasteiger partial charge < -0.3 is 16.4 Å². The quantitative estimate of drug-likeness (QED) is 0.705. The molecule has 5 nitrogen and oxygen atoms in total. The number of nitrogens with two attached hydrogens (primary N) is 1. The largest absolute Gasteiger partial charge is 0.352 e. The molecule has 1 aromatic carbocycles. The Morgan fingerprint density at radius 1 is 1.30 bits per heavy atom. The summed E-state index contributed by atoms with van der Waals surface area (Å²) in [4.78, 5) is 24.3. The molecule has 0 saturated carbocycles. The van der Waals surface area contributed by atoms with E-state index >= 15 is 0 Å². The summed E-state index contributed by atoms with van der Waals surface area (Å²) in [6, 6.07) is 6.21. The maximum atomic E-state index is 12.2. The lowest BCUT2D eigenvalue weighted by atomic mass is 9.98. The molecular formula is C14H21N3O2S. The second-order valence-corrected chi connectivity index (χ2v) is 5.47. The third kappa shape index (κ3) is 4.77. The van der Waals surface area contributed by atoms with Crippen molar-refractivity contribution in [3.8, 4) is 0 Å². The lowest BCUT2D eigenvalue weighted by Crippen LogP contribution is -2.49. The molecule has 0 bridgehead atoms. The summed E-state index contributed by atoms with van der Waals surface area (Å²) >= 11 is 1.63. The molecule has 0 radical (unpaired) electrons. The van der Waals surface area contributed by atoms with Gasteiger partial charge in [0.25, 0.3) is 0 Å². The van der Waals surface area contributed by atoms with Crippen LogP contribution in [0.15, 0.2) is 29.2 Å². The van der Waals surface area contributed by atoms with Gasteiger partial charge in [-0.15, -0.1) is 11.8 Å². The smallest absolute Gasteiger partial charge is 0.312 e. The lowest BCUT2D eigenvalue weighted by molar-refractivity contribution is -0.119. The highest BCUT2D eigenvalue weighted by atomic mass is 32.2. The van der Waals surface area contributed by atoms with E-state index in [1.807, 2.05) is 44.4 Å². The van der Waals surface area contributed by atoms with E-state index in [4.69, 9.17) is 5.73 Å². The minimum Gasteiger partial charge on any atom is -0.352 e. The fourth-order valence-corrected chi connectivity index (χ4v) is 2.16. The van der Waals surface area contributed by atoms with E-state index in [2.05, 4.69) is 10.6 Å². The van der Waals surface area contributed by atoms with Crippen molar-refractivity contribution in [3.63, 3.8) is 0 Å². The van der Waals surface area contributed by atoms with Crippen LogP contribution in [0, 0.1) is 5.92 Å². The van der Waals surface area contributed by atoms with Crippen LogP contribution >= 0.6 is 11.8 Å². The van der Waals surface area contributed by atoms with Gasteiger partial charge in [0.2, 0.25) is 5.91 Å². The van der Waals surface area contributed by atoms with Crippen molar-refractivity contribution in [1.82, 2.24) is 5.32 Å². The number of benzene rings is 1. The highest BCUT2D eigenvalue weighted by Crippen LogP contribution is 2.18. The Labute approximate surface area is 123 Å². The van der Waals surface area contributed by atoms with Crippen LogP contribution in [0.5, 0.6) is 0 Å². The van der Waals surface area contributed by atoms with Gasteiger partial charge in [-0.25, -0.2) is 4.79 Å². The number of rotatable bonds is 6. The summed E-state index contributed by atoms with van der Waals surface area (Å²) in [6.45, 7) is 3.86. The number of amides is 3. The SMILES string of the molecule is CCC(C)C(NC(N)=O)C(=O)Nc1ccc(SC)cc1. The molecule has 2 atom stereocenters. The van der Waals surface area contributed by atoms with E-state index in [9.17, 15) is 9.59 Å². The van der Waals surface area contributed by atoms with Crippen LogP contribution in [0.1, 0.15) is 20.3 Å². The van der Waals surface area contributed by atoms with E-state index in [-0.39, 0.29) is 11.8 Å². The normalized spacial score (nSPS) is 13.3. The second-order valence-electron chi connectivity index (χ2n) is 4.59. The molecule has 110 valence electrons. The first-order valence-corrected chi connectivity index (χ1v) is 7.71. The Kier molecular flexibility index (Phi) is 6.38. The Bertz CT molecular complexity index is 462. The van der Waals surface area contributed by atoms with Crippen LogP contribution < -0.4 is 16.4 Å². The van der Waals surface area contributed by atoms with Crippen LogP contribution in [-0.4, -0.2) is 24.2 Å². The number of carbonyl (C=O) groups is 2. The van der Waals surface area contributed by atoms with E-state index < -0.39 is 12.1 Å². The van der Waals surface area contributed by atoms with Crippen molar-refractivity contribution in [1.29, 1.82) is 0 Å². The molecule has 0 aliphatic rings. The lowest BCUT2D eigenvalue weighted by Gasteiger charge is -2.22. The number of urea groups is 1. The number of primary amides is 1. The maximum absolute atomic E-state index is 12.2. The van der Waals surface area contributed by atoms with Gasteiger partial charge in [0.1, 0.15) is 6.04 Å². The van der Waals surface area contributed by atoms with E-state index in [1.54, 1.807) is 11.8 Å². The van der Waals surface area contributed by atoms with Crippen molar-refractivity contribution in [2.45, 2.75) is 31.2 Å². The first kappa shape index (κ1) is 16.4. The number of anilines is 1. The molecule has 0 fully saturated rings. The van der Waals surface area contributed by atoms with Crippen molar-refractivity contribution in [2.75, 3.05) is 11.6 Å². The maximum Gasteiger partial charge on any atom is 0.312 e. The first-order valence-electron chi connectivity index (χ1n) is 6.48. The molecular weight excluding hydrogens is 274 g/mol. The monoisotopic (exact) mass is 295 g/mol. The van der Waals surface area contributed by atoms with Crippen molar-refractivity contribution < 1.29 is 9.59 Å². The number of hydrogen-bond acceptors (Lipinski definition) is 3. The van der Waals surface area contributed by atoms with Crippen LogP contribution in [0.25, 0.3) is 0 Å². The molecule has 6 heteroatoms. The summed E-state index contributed by atoms with van der Waals surface area (Å²) < 4.78 is 0. The molecule has 0 heterocycles. The van der Waals surface area contributed by atoms with Crippen molar-refractivity contribution in [2.24, 2.45) is 11.7 Å². The zero-order chi connectivity index (χ0) is 15.1. The Morgan fingerprint density at radius 2 is 1.90 bits per heavy atom. The summed E-state index contributed by atoms with van der Waals surface area (Å²) in [5.74, 6) is -0.247. The van der Waals surface area contributed by atoms with Crippen molar-refractivity contribution in [3.05, 3.63) is 24.3 Å². The zero-order valence-electron chi connectivity index (χ0n) is 12.0. The predicted molar refractivity (Wildman–Crippen MR) is 82.8 cm³/mol. The minimum absolute atomic E-state index is 0.00738. The molecule has 0 aliphatic carbocycles. The molecule has 0 aliphatic heterocycles. The van der Waals surface area contributed by atoms with E-state index in [0.717, 1.165) is 11.3 Å². The van der Waals surface area contributed by atoms with Crippen LogP contribution in [0.2, 0.25) is 0 Å². The Balaban J connectivity index is 2.76. The number of nitrogens with one attached hydrogen (secondary N) is 2. The molecule has 3 amide bonds. The third-order valence-corrected chi connectivity index (χ3v) is 3.89. The fraction of sp³-hybridized carbons (Fsp3) is 0.429. The molecule has 1 rings (SSSR count). The summed E-state index contributed by atoms with van der Waals surface area (Å²) in [5, 5.41) is 5.29. The first-order chi connectivity index (χ1) is 9.47. The molecule has 20 heavy (non-hydrogen) atoms. The minimum atomic E-state index is -0.691. The van der Waals surface area contributed by atoms with Crippen LogP contribution in [0.4, 0.5) is 10.5 Å². The summed E-state index contributed by atoms with van der Waals surface area (Å²) in [7, 11) is 0. The average molecular weight is 295 g/mol. The zero-order valence-corrected chi connectivity index (χ0v) is 12.8.